The van der Waals surface area contributed by atoms with Gasteiger partial charge in [0.25, 0.3) is 5.91 Å². The predicted octanol–water partition coefficient (Wildman–Crippen LogP) is 2.83. The van der Waals surface area contributed by atoms with Gasteiger partial charge in [0.2, 0.25) is 0 Å². The summed E-state index contributed by atoms with van der Waals surface area (Å²) in [6.45, 7) is -0.616. The molecule has 0 fully saturated rings. The van der Waals surface area contributed by atoms with Crippen molar-refractivity contribution < 1.29 is 19.1 Å². The molecule has 0 bridgehead atoms. The first-order valence-corrected chi connectivity index (χ1v) is 8.74. The van der Waals surface area contributed by atoms with E-state index >= 15 is 0 Å². The van der Waals surface area contributed by atoms with E-state index in [9.17, 15) is 14.4 Å². The summed E-state index contributed by atoms with van der Waals surface area (Å²) in [7, 11) is 0. The number of nitrogens with one attached hydrogen (secondary N) is 1. The van der Waals surface area contributed by atoms with Gasteiger partial charge >= 0.3 is 12.0 Å². The Morgan fingerprint density at radius 2 is 1.56 bits per heavy atom. The van der Waals surface area contributed by atoms with Crippen LogP contribution >= 0.6 is 11.3 Å². The number of nitrogens with two attached hydrogens (primary N) is 1. The molecule has 0 aliphatic rings. The molecule has 0 radical (unpaired) electrons. The van der Waals surface area contributed by atoms with Crippen LogP contribution in [0.15, 0.2) is 60.7 Å². The van der Waals surface area contributed by atoms with Crippen LogP contribution in [0.25, 0.3) is 21.8 Å². The predicted molar refractivity (Wildman–Crippen MR) is 101 cm³/mol. The van der Waals surface area contributed by atoms with Crippen LogP contribution in [0.4, 0.5) is 4.79 Å². The Bertz CT molecular complexity index is 971. The summed E-state index contributed by atoms with van der Waals surface area (Å²) >= 11 is 1.17. The van der Waals surface area contributed by atoms with Crippen molar-refractivity contribution in [1.29, 1.82) is 0 Å². The van der Waals surface area contributed by atoms with Gasteiger partial charge in [-0.3, -0.25) is 10.1 Å². The highest BCUT2D eigenvalue weighted by atomic mass is 32.1. The van der Waals surface area contributed by atoms with Crippen LogP contribution in [0.3, 0.4) is 0 Å². The van der Waals surface area contributed by atoms with Crippen LogP contribution in [0.5, 0.6) is 0 Å². The van der Waals surface area contributed by atoms with Crippen LogP contribution in [0.1, 0.15) is 9.67 Å². The molecule has 3 aromatic rings. The lowest BCUT2D eigenvalue weighted by atomic mass is 10.1. The fraction of sp³-hybridized carbons (Fsp3) is 0.0526. The second-order valence-electron chi connectivity index (χ2n) is 5.42. The van der Waals surface area contributed by atoms with E-state index in [1.54, 1.807) is 0 Å². The van der Waals surface area contributed by atoms with Crippen molar-refractivity contribution in [3.8, 4) is 21.8 Å². The summed E-state index contributed by atoms with van der Waals surface area (Å²) in [5, 5.41) is 2.49. The van der Waals surface area contributed by atoms with Crippen molar-refractivity contribution in [3.63, 3.8) is 0 Å². The zero-order valence-electron chi connectivity index (χ0n) is 14.0. The van der Waals surface area contributed by atoms with Crippen LogP contribution in [0, 0.1) is 0 Å². The first-order chi connectivity index (χ1) is 13.0. The van der Waals surface area contributed by atoms with Gasteiger partial charge in [-0.05, 0) is 0 Å². The number of carbonyl (C=O) groups excluding carboxylic acids is 3. The number of rotatable bonds is 5. The van der Waals surface area contributed by atoms with Crippen molar-refractivity contribution in [2.75, 3.05) is 6.61 Å². The van der Waals surface area contributed by atoms with E-state index < -0.39 is 24.5 Å². The van der Waals surface area contributed by atoms with Gasteiger partial charge in [-0.25, -0.2) is 14.6 Å². The van der Waals surface area contributed by atoms with Gasteiger partial charge in [0.05, 0.1) is 5.69 Å². The number of hydrogen-bond donors (Lipinski definition) is 2. The maximum absolute atomic E-state index is 12.5. The van der Waals surface area contributed by atoms with Gasteiger partial charge in [-0.2, -0.15) is 0 Å². The average Bonchev–Trinajstić information content (AvgIpc) is 3.12. The number of carbonyl (C=O) groups is 3. The van der Waals surface area contributed by atoms with E-state index in [0.29, 0.717) is 10.7 Å². The molecule has 0 aliphatic carbocycles. The number of nitrogens with zero attached hydrogens (tertiary/aromatic N) is 1. The molecule has 2 aromatic carbocycles. The molecule has 1 heterocycles. The quantitative estimate of drug-likeness (QED) is 0.660. The Morgan fingerprint density at radius 3 is 2.15 bits per heavy atom. The van der Waals surface area contributed by atoms with Crippen molar-refractivity contribution in [3.05, 3.63) is 65.5 Å². The summed E-state index contributed by atoms with van der Waals surface area (Å²) < 4.78 is 5.01. The number of hydrogen-bond acceptors (Lipinski definition) is 6. The number of aromatic nitrogens is 1. The van der Waals surface area contributed by atoms with Crippen LogP contribution in [0.2, 0.25) is 0 Å². The summed E-state index contributed by atoms with van der Waals surface area (Å²) in [6, 6.07) is 17.6. The largest absolute Gasteiger partial charge is 0.451 e. The molecular weight excluding hydrogens is 366 g/mol. The molecule has 7 nitrogen and oxygen atoms in total. The number of esters is 1. The molecule has 3 amide bonds. The first kappa shape index (κ1) is 18.3. The lowest BCUT2D eigenvalue weighted by Crippen LogP contribution is -2.37. The zero-order chi connectivity index (χ0) is 19.2. The summed E-state index contributed by atoms with van der Waals surface area (Å²) in [5.74, 6) is -1.50. The fourth-order valence-corrected chi connectivity index (χ4v) is 3.31. The van der Waals surface area contributed by atoms with E-state index in [2.05, 4.69) is 4.98 Å². The maximum Gasteiger partial charge on any atom is 0.351 e. The normalized spacial score (nSPS) is 10.2. The van der Waals surface area contributed by atoms with Crippen molar-refractivity contribution >= 4 is 29.2 Å². The molecular formula is C19H15N3O4S. The highest BCUT2D eigenvalue weighted by molar-refractivity contribution is 7.17. The SMILES string of the molecule is NC(=O)NC(=O)COC(=O)c1sc(-c2ccccc2)nc1-c1ccccc1. The van der Waals surface area contributed by atoms with E-state index in [-0.39, 0.29) is 4.88 Å². The van der Waals surface area contributed by atoms with Gasteiger partial charge in [-0.1, -0.05) is 60.7 Å². The Kier molecular flexibility index (Phi) is 5.58. The Labute approximate surface area is 158 Å². The van der Waals surface area contributed by atoms with Crippen LogP contribution in [-0.4, -0.2) is 29.5 Å². The molecule has 27 heavy (non-hydrogen) atoms. The van der Waals surface area contributed by atoms with Crippen molar-refractivity contribution in [2.24, 2.45) is 5.73 Å². The first-order valence-electron chi connectivity index (χ1n) is 7.92. The number of imide groups is 1. The molecule has 3 rings (SSSR count). The smallest absolute Gasteiger partial charge is 0.351 e. The van der Waals surface area contributed by atoms with Gasteiger partial charge in [-0.15, -0.1) is 11.3 Å². The molecule has 0 spiro atoms. The zero-order valence-corrected chi connectivity index (χ0v) is 14.9. The summed E-state index contributed by atoms with van der Waals surface area (Å²) in [4.78, 5) is 39.5. The third-order valence-electron chi connectivity index (χ3n) is 3.48. The Hall–Kier alpha value is -3.52. The highest BCUT2D eigenvalue weighted by Crippen LogP contribution is 2.34. The van der Waals surface area contributed by atoms with E-state index in [0.717, 1.165) is 11.1 Å². The number of amides is 3. The number of urea groups is 1. The van der Waals surface area contributed by atoms with Crippen LogP contribution in [-0.2, 0) is 9.53 Å². The third kappa shape index (κ3) is 4.56. The summed E-state index contributed by atoms with van der Waals surface area (Å²) in [5.41, 5.74) is 6.95. The topological polar surface area (TPSA) is 111 Å². The molecule has 0 saturated carbocycles. The number of thiazole rings is 1. The average molecular weight is 381 g/mol. The molecule has 0 saturated heterocycles. The number of primary amides is 1. The Morgan fingerprint density at radius 1 is 0.963 bits per heavy atom. The van der Waals surface area contributed by atoms with Gasteiger partial charge < -0.3 is 10.5 Å². The molecule has 1 aromatic heterocycles. The molecule has 3 N–H and O–H groups in total. The molecule has 0 aliphatic heterocycles. The molecule has 0 atom stereocenters. The van der Waals surface area contributed by atoms with Crippen molar-refractivity contribution in [2.45, 2.75) is 0 Å². The molecule has 136 valence electrons. The molecule has 8 heteroatoms. The van der Waals surface area contributed by atoms with Crippen molar-refractivity contribution in [1.82, 2.24) is 10.3 Å². The second-order valence-corrected chi connectivity index (χ2v) is 6.42. The number of ether oxygens (including phenoxy) is 1. The summed E-state index contributed by atoms with van der Waals surface area (Å²) in [6.07, 6.45) is 0. The van der Waals surface area contributed by atoms with Crippen LogP contribution < -0.4 is 11.1 Å². The monoisotopic (exact) mass is 381 g/mol. The lowest BCUT2D eigenvalue weighted by molar-refractivity contribution is -0.123. The fourth-order valence-electron chi connectivity index (χ4n) is 2.32. The van der Waals surface area contributed by atoms with E-state index in [1.807, 2.05) is 66.0 Å². The highest BCUT2D eigenvalue weighted by Gasteiger charge is 2.22. The third-order valence-corrected chi connectivity index (χ3v) is 4.56. The minimum absolute atomic E-state index is 0.270. The van der Waals surface area contributed by atoms with E-state index in [4.69, 9.17) is 10.5 Å². The Balaban J connectivity index is 1.90. The second kappa shape index (κ2) is 8.24. The van der Waals surface area contributed by atoms with Gasteiger partial charge in [0.1, 0.15) is 9.88 Å². The van der Waals surface area contributed by atoms with Gasteiger partial charge in [0.15, 0.2) is 6.61 Å². The number of benzene rings is 2. The molecule has 0 unspecified atom stereocenters. The lowest BCUT2D eigenvalue weighted by Gasteiger charge is -2.04. The maximum atomic E-state index is 12.5. The van der Waals surface area contributed by atoms with E-state index in [1.165, 1.54) is 11.3 Å². The minimum Gasteiger partial charge on any atom is -0.451 e. The van der Waals surface area contributed by atoms with Gasteiger partial charge in [0, 0.05) is 11.1 Å². The minimum atomic E-state index is -1.01. The standard InChI is InChI=1S/C19H15N3O4S/c20-19(25)21-14(23)11-26-18(24)16-15(12-7-3-1-4-8-12)22-17(27-16)13-9-5-2-6-10-13/h1-10H,11H2,(H3,20,21,23,25).